The summed E-state index contributed by atoms with van der Waals surface area (Å²) in [6.07, 6.45) is 6.14. The Morgan fingerprint density at radius 2 is 1.62 bits per heavy atom. The lowest BCUT2D eigenvalue weighted by Crippen LogP contribution is -2.69. The van der Waals surface area contributed by atoms with Crippen LogP contribution in [0.1, 0.15) is 70.4 Å². The summed E-state index contributed by atoms with van der Waals surface area (Å²) in [6, 6.07) is 8.31. The van der Waals surface area contributed by atoms with Gasteiger partial charge in [-0.15, -0.1) is 0 Å². The Morgan fingerprint density at radius 3 is 2.22 bits per heavy atom. The van der Waals surface area contributed by atoms with Crippen molar-refractivity contribution in [3.05, 3.63) is 35.4 Å². The summed E-state index contributed by atoms with van der Waals surface area (Å²) >= 11 is 0. The van der Waals surface area contributed by atoms with Crippen molar-refractivity contribution in [3.8, 4) is 0 Å². The number of nitrogens with zero attached hydrogens (tertiary/aromatic N) is 1. The minimum atomic E-state index is -0.289. The van der Waals surface area contributed by atoms with E-state index in [1.54, 1.807) is 0 Å². The first-order chi connectivity index (χ1) is 15.1. The summed E-state index contributed by atoms with van der Waals surface area (Å²) < 4.78 is 5.54. The molecule has 0 spiro atoms. The first kappa shape index (κ1) is 21.7. The Bertz CT molecular complexity index is 867. The highest BCUT2D eigenvalue weighted by molar-refractivity contribution is 5.79. The van der Waals surface area contributed by atoms with Crippen molar-refractivity contribution in [1.82, 2.24) is 15.5 Å². The molecule has 4 bridgehead atoms. The van der Waals surface area contributed by atoms with Gasteiger partial charge in [0.15, 0.2) is 0 Å². The second-order valence-corrected chi connectivity index (χ2v) is 12.2. The molecule has 4 saturated carbocycles. The second kappa shape index (κ2) is 7.75. The van der Waals surface area contributed by atoms with Gasteiger partial charge in [-0.1, -0.05) is 45.0 Å². The monoisotopic (exact) mass is 439 g/mol. The van der Waals surface area contributed by atoms with E-state index in [0.29, 0.717) is 38.1 Å². The number of carbonyl (C=O) groups excluding carboxylic acids is 2. The molecule has 6 heteroatoms. The van der Waals surface area contributed by atoms with Crippen LogP contribution in [0, 0.1) is 17.3 Å². The number of fused-ring (bicyclic) bond motifs is 1. The minimum Gasteiger partial charge on any atom is -0.449 e. The van der Waals surface area contributed by atoms with Crippen LogP contribution in [0.2, 0.25) is 0 Å². The number of carbonyl (C=O) groups is 2. The van der Waals surface area contributed by atoms with Crippen LogP contribution in [0.3, 0.4) is 0 Å². The summed E-state index contributed by atoms with van der Waals surface area (Å²) in [5.41, 5.74) is 2.22. The Kier molecular flexibility index (Phi) is 5.27. The van der Waals surface area contributed by atoms with Crippen molar-refractivity contribution in [2.24, 2.45) is 17.3 Å². The van der Waals surface area contributed by atoms with Crippen LogP contribution in [0.15, 0.2) is 24.3 Å². The fraction of sp³-hybridized carbons (Fsp3) is 0.692. The molecule has 1 aromatic rings. The van der Waals surface area contributed by atoms with Crippen LogP contribution in [0.4, 0.5) is 4.79 Å². The third kappa shape index (κ3) is 4.39. The predicted molar refractivity (Wildman–Crippen MR) is 123 cm³/mol. The van der Waals surface area contributed by atoms with Gasteiger partial charge in [0.1, 0.15) is 0 Å². The lowest BCUT2D eigenvalue weighted by atomic mass is 9.50. The van der Waals surface area contributed by atoms with E-state index in [2.05, 4.69) is 43.5 Å². The van der Waals surface area contributed by atoms with E-state index < -0.39 is 0 Å². The SMILES string of the molecule is CC(C)(C)COC(=O)NC12CC3CC(CC(NCC(=O)N4Cc5ccccc5C4)(C3)C1)C2. The molecule has 1 aromatic carbocycles. The lowest BCUT2D eigenvalue weighted by molar-refractivity contribution is -0.132. The molecule has 5 aliphatic rings. The number of benzene rings is 1. The molecule has 0 aromatic heterocycles. The molecule has 1 heterocycles. The summed E-state index contributed by atoms with van der Waals surface area (Å²) in [7, 11) is 0. The van der Waals surface area contributed by atoms with Crippen molar-refractivity contribution < 1.29 is 14.3 Å². The molecule has 174 valence electrons. The molecule has 4 aliphatic carbocycles. The van der Waals surface area contributed by atoms with Crippen LogP contribution >= 0.6 is 0 Å². The molecule has 2 N–H and O–H groups in total. The fourth-order valence-electron chi connectivity index (χ4n) is 7.03. The van der Waals surface area contributed by atoms with Crippen LogP contribution < -0.4 is 10.6 Å². The number of amides is 2. The van der Waals surface area contributed by atoms with E-state index >= 15 is 0 Å². The van der Waals surface area contributed by atoms with Gasteiger partial charge >= 0.3 is 6.09 Å². The molecule has 2 unspecified atom stereocenters. The smallest absolute Gasteiger partial charge is 0.407 e. The maximum atomic E-state index is 13.0. The van der Waals surface area contributed by atoms with E-state index in [1.165, 1.54) is 17.5 Å². The summed E-state index contributed by atoms with van der Waals surface area (Å²) in [5.74, 6) is 1.39. The molecule has 2 atom stereocenters. The number of hydrogen-bond acceptors (Lipinski definition) is 4. The standard InChI is InChI=1S/C26H37N3O3/c1-24(2,3)17-32-23(31)28-26-11-18-8-19(12-26)10-25(9-18,16-26)27-13-22(30)29-14-20-6-4-5-7-21(20)15-29/h4-7,18-19,27H,8-17H2,1-3H3,(H,28,31). The molecule has 0 saturated heterocycles. The third-order valence-electron chi connectivity index (χ3n) is 7.87. The van der Waals surface area contributed by atoms with Crippen molar-refractivity contribution in [1.29, 1.82) is 0 Å². The van der Waals surface area contributed by atoms with Crippen molar-refractivity contribution in [2.75, 3.05) is 13.2 Å². The topological polar surface area (TPSA) is 70.7 Å². The quantitative estimate of drug-likeness (QED) is 0.728. The zero-order chi connectivity index (χ0) is 22.6. The maximum Gasteiger partial charge on any atom is 0.407 e. The van der Waals surface area contributed by atoms with Gasteiger partial charge in [0, 0.05) is 24.2 Å². The normalized spacial score (nSPS) is 32.7. The Morgan fingerprint density at radius 1 is 1.03 bits per heavy atom. The number of ether oxygens (including phenoxy) is 1. The highest BCUT2D eigenvalue weighted by atomic mass is 16.5. The zero-order valence-electron chi connectivity index (χ0n) is 19.7. The molecular weight excluding hydrogens is 402 g/mol. The number of alkyl carbamates (subject to hydrolysis) is 1. The van der Waals surface area contributed by atoms with Gasteiger partial charge in [-0.25, -0.2) is 4.79 Å². The molecule has 1 aliphatic heterocycles. The summed E-state index contributed by atoms with van der Waals surface area (Å²) in [5, 5.41) is 6.98. The summed E-state index contributed by atoms with van der Waals surface area (Å²) in [6.45, 7) is 8.41. The summed E-state index contributed by atoms with van der Waals surface area (Å²) in [4.78, 5) is 27.6. The fourth-order valence-corrected chi connectivity index (χ4v) is 7.03. The van der Waals surface area contributed by atoms with E-state index in [0.717, 1.165) is 32.1 Å². The Labute approximate surface area is 191 Å². The lowest BCUT2D eigenvalue weighted by Gasteiger charge is -2.62. The van der Waals surface area contributed by atoms with Crippen molar-refractivity contribution in [2.45, 2.75) is 83.5 Å². The van der Waals surface area contributed by atoms with Gasteiger partial charge < -0.3 is 20.3 Å². The maximum absolute atomic E-state index is 13.0. The molecule has 6 nitrogen and oxygen atoms in total. The van der Waals surface area contributed by atoms with Gasteiger partial charge in [-0.05, 0) is 66.9 Å². The molecule has 32 heavy (non-hydrogen) atoms. The number of nitrogens with one attached hydrogen (secondary N) is 2. The van der Waals surface area contributed by atoms with E-state index in [-0.39, 0.29) is 28.5 Å². The first-order valence-corrected chi connectivity index (χ1v) is 12.2. The highest BCUT2D eigenvalue weighted by Crippen LogP contribution is 2.57. The van der Waals surface area contributed by atoms with Gasteiger partial charge in [0.2, 0.25) is 5.91 Å². The van der Waals surface area contributed by atoms with Crippen molar-refractivity contribution >= 4 is 12.0 Å². The van der Waals surface area contributed by atoms with Gasteiger partial charge in [0.25, 0.3) is 0 Å². The average Bonchev–Trinajstić information content (AvgIpc) is 3.13. The van der Waals surface area contributed by atoms with Gasteiger partial charge in [0.05, 0.1) is 13.2 Å². The second-order valence-electron chi connectivity index (χ2n) is 12.2. The van der Waals surface area contributed by atoms with E-state index in [4.69, 9.17) is 4.74 Å². The average molecular weight is 440 g/mol. The zero-order valence-corrected chi connectivity index (χ0v) is 19.7. The molecule has 6 rings (SSSR count). The van der Waals surface area contributed by atoms with Gasteiger partial charge in [-0.2, -0.15) is 0 Å². The molecule has 2 amide bonds. The van der Waals surface area contributed by atoms with E-state index in [1.807, 2.05) is 17.0 Å². The number of rotatable bonds is 5. The van der Waals surface area contributed by atoms with Crippen molar-refractivity contribution in [3.63, 3.8) is 0 Å². The Balaban J connectivity index is 1.21. The van der Waals surface area contributed by atoms with Crippen LogP contribution in [-0.2, 0) is 22.6 Å². The third-order valence-corrected chi connectivity index (χ3v) is 7.87. The van der Waals surface area contributed by atoms with Gasteiger partial charge in [-0.3, -0.25) is 4.79 Å². The molecule has 4 fully saturated rings. The highest BCUT2D eigenvalue weighted by Gasteiger charge is 2.58. The molecule has 0 radical (unpaired) electrons. The molecular formula is C26H37N3O3. The van der Waals surface area contributed by atoms with Crippen LogP contribution in [-0.4, -0.2) is 41.1 Å². The Hall–Kier alpha value is -2.08. The predicted octanol–water partition coefficient (Wildman–Crippen LogP) is 3.98. The van der Waals surface area contributed by atoms with Crippen LogP contribution in [0.5, 0.6) is 0 Å². The first-order valence-electron chi connectivity index (χ1n) is 12.2. The minimum absolute atomic E-state index is 0.0445. The number of hydrogen-bond donors (Lipinski definition) is 2. The largest absolute Gasteiger partial charge is 0.449 e. The van der Waals surface area contributed by atoms with E-state index in [9.17, 15) is 9.59 Å². The van der Waals surface area contributed by atoms with Crippen LogP contribution in [0.25, 0.3) is 0 Å².